The predicted molar refractivity (Wildman–Crippen MR) is 102 cm³/mol. The van der Waals surface area contributed by atoms with E-state index in [1.165, 1.54) is 70.6 Å². The van der Waals surface area contributed by atoms with E-state index >= 15 is 0 Å². The van der Waals surface area contributed by atoms with Crippen molar-refractivity contribution in [2.24, 2.45) is 0 Å². The first kappa shape index (κ1) is 22.4. The van der Waals surface area contributed by atoms with Crippen LogP contribution in [0.3, 0.4) is 0 Å². The summed E-state index contributed by atoms with van der Waals surface area (Å²) in [7, 11) is 3.94. The highest BCUT2D eigenvalue weighted by Gasteiger charge is 2.17. The number of carbonyl (C=O) groups is 1. The number of nitrogens with one attached hydrogen (secondary N) is 1. The lowest BCUT2D eigenvalue weighted by molar-refractivity contribution is -0.125. The Labute approximate surface area is 145 Å². The van der Waals surface area contributed by atoms with Gasteiger partial charge in [-0.15, -0.1) is 0 Å². The second kappa shape index (κ2) is 16.3. The third kappa shape index (κ3) is 13.6. The van der Waals surface area contributed by atoms with E-state index in [0.29, 0.717) is 0 Å². The lowest BCUT2D eigenvalue weighted by atomic mass is 10.1. The van der Waals surface area contributed by atoms with Crippen LogP contribution in [0.4, 0.5) is 0 Å². The molecule has 1 unspecified atom stereocenters. The van der Waals surface area contributed by atoms with Gasteiger partial charge in [-0.3, -0.25) is 9.69 Å². The molecule has 0 heterocycles. The molecule has 0 aliphatic rings. The highest BCUT2D eigenvalue weighted by Crippen LogP contribution is 2.11. The van der Waals surface area contributed by atoms with Gasteiger partial charge in [-0.05, 0) is 26.9 Å². The maximum atomic E-state index is 12.0. The molecule has 1 N–H and O–H groups in total. The molecule has 23 heavy (non-hydrogen) atoms. The molecule has 0 radical (unpaired) electrons. The Bertz CT molecular complexity index is 266. The van der Waals surface area contributed by atoms with Crippen molar-refractivity contribution in [3.63, 3.8) is 0 Å². The van der Waals surface area contributed by atoms with Crippen molar-refractivity contribution < 1.29 is 4.79 Å². The second-order valence-corrected chi connectivity index (χ2v) is 7.07. The number of hydrogen-bond donors (Lipinski definition) is 1. The average Bonchev–Trinajstić information content (AvgIpc) is 2.52. The molecule has 1 atom stereocenters. The SMILES string of the molecule is CCCCCCCCCCCCCCNC(=O)C(CC)N(C)C. The van der Waals surface area contributed by atoms with Crippen molar-refractivity contribution in [2.45, 2.75) is 103 Å². The zero-order chi connectivity index (χ0) is 17.3. The molecule has 1 amide bonds. The van der Waals surface area contributed by atoms with Gasteiger partial charge < -0.3 is 5.32 Å². The van der Waals surface area contributed by atoms with Crippen LogP contribution in [-0.2, 0) is 4.79 Å². The number of likely N-dealkylation sites (N-methyl/N-ethyl adjacent to an activating group) is 1. The van der Waals surface area contributed by atoms with Crippen molar-refractivity contribution in [2.75, 3.05) is 20.6 Å². The van der Waals surface area contributed by atoms with Gasteiger partial charge in [-0.1, -0.05) is 84.5 Å². The topological polar surface area (TPSA) is 32.3 Å². The molecule has 0 saturated carbocycles. The lowest BCUT2D eigenvalue weighted by Gasteiger charge is -2.21. The van der Waals surface area contributed by atoms with Gasteiger partial charge in [0.15, 0.2) is 0 Å². The number of rotatable bonds is 16. The maximum absolute atomic E-state index is 12.0. The Morgan fingerprint density at radius 2 is 1.22 bits per heavy atom. The maximum Gasteiger partial charge on any atom is 0.237 e. The molecule has 0 rings (SSSR count). The molecular formula is C20H42N2O. The summed E-state index contributed by atoms with van der Waals surface area (Å²) in [5, 5.41) is 3.07. The molecule has 138 valence electrons. The van der Waals surface area contributed by atoms with Crippen molar-refractivity contribution in [3.05, 3.63) is 0 Å². The van der Waals surface area contributed by atoms with Gasteiger partial charge in [-0.25, -0.2) is 0 Å². The molecule has 0 aliphatic carbocycles. The molecule has 0 saturated heterocycles. The van der Waals surface area contributed by atoms with Crippen LogP contribution in [0.1, 0.15) is 97.3 Å². The summed E-state index contributed by atoms with van der Waals surface area (Å²) in [5.41, 5.74) is 0. The summed E-state index contributed by atoms with van der Waals surface area (Å²) in [4.78, 5) is 14.0. The minimum Gasteiger partial charge on any atom is -0.355 e. The largest absolute Gasteiger partial charge is 0.355 e. The Kier molecular flexibility index (Phi) is 15.9. The Balaban J connectivity index is 3.29. The number of unbranched alkanes of at least 4 members (excludes halogenated alkanes) is 11. The second-order valence-electron chi connectivity index (χ2n) is 7.07. The minimum atomic E-state index is 0.0207. The molecule has 0 fully saturated rings. The summed E-state index contributed by atoms with van der Waals surface area (Å²) >= 11 is 0. The molecule has 3 heteroatoms. The van der Waals surface area contributed by atoms with Crippen LogP contribution in [-0.4, -0.2) is 37.5 Å². The van der Waals surface area contributed by atoms with Crippen LogP contribution < -0.4 is 5.32 Å². The molecule has 0 aromatic heterocycles. The fourth-order valence-corrected chi connectivity index (χ4v) is 3.08. The Hall–Kier alpha value is -0.570. The van der Waals surface area contributed by atoms with Crippen LogP contribution in [0.2, 0.25) is 0 Å². The third-order valence-corrected chi connectivity index (χ3v) is 4.64. The summed E-state index contributed by atoms with van der Waals surface area (Å²) < 4.78 is 0. The molecule has 3 nitrogen and oxygen atoms in total. The zero-order valence-electron chi connectivity index (χ0n) is 16.3. The lowest BCUT2D eigenvalue weighted by Crippen LogP contribution is -2.43. The molecule has 0 aromatic rings. The normalized spacial score (nSPS) is 12.6. The smallest absolute Gasteiger partial charge is 0.237 e. The van der Waals surface area contributed by atoms with Gasteiger partial charge >= 0.3 is 0 Å². The summed E-state index contributed by atoms with van der Waals surface area (Å²) in [5.74, 6) is 0.181. The van der Waals surface area contributed by atoms with Gasteiger partial charge in [0, 0.05) is 6.54 Å². The monoisotopic (exact) mass is 326 g/mol. The average molecular weight is 327 g/mol. The minimum absolute atomic E-state index is 0.0207. The number of hydrogen-bond acceptors (Lipinski definition) is 2. The summed E-state index contributed by atoms with van der Waals surface area (Å²) in [6.45, 7) is 5.17. The first-order chi connectivity index (χ1) is 11.1. The molecular weight excluding hydrogens is 284 g/mol. The van der Waals surface area contributed by atoms with E-state index in [2.05, 4.69) is 19.2 Å². The molecule has 0 bridgehead atoms. The van der Waals surface area contributed by atoms with E-state index in [9.17, 15) is 4.79 Å². The van der Waals surface area contributed by atoms with E-state index < -0.39 is 0 Å². The van der Waals surface area contributed by atoms with Crippen LogP contribution in [0.25, 0.3) is 0 Å². The van der Waals surface area contributed by atoms with Gasteiger partial charge in [0.1, 0.15) is 0 Å². The fourth-order valence-electron chi connectivity index (χ4n) is 3.08. The van der Waals surface area contributed by atoms with Gasteiger partial charge in [0.25, 0.3) is 0 Å². The molecule has 0 aromatic carbocycles. The standard InChI is InChI=1S/C20H42N2O/c1-5-7-8-9-10-11-12-13-14-15-16-17-18-21-20(23)19(6-2)22(3)4/h19H,5-18H2,1-4H3,(H,21,23). The van der Waals surface area contributed by atoms with E-state index in [1.807, 2.05) is 19.0 Å². The van der Waals surface area contributed by atoms with Crippen molar-refractivity contribution in [3.8, 4) is 0 Å². The van der Waals surface area contributed by atoms with Crippen LogP contribution in [0, 0.1) is 0 Å². The van der Waals surface area contributed by atoms with Crippen LogP contribution >= 0.6 is 0 Å². The first-order valence-corrected chi connectivity index (χ1v) is 10.1. The highest BCUT2D eigenvalue weighted by molar-refractivity contribution is 5.81. The van der Waals surface area contributed by atoms with Gasteiger partial charge in [-0.2, -0.15) is 0 Å². The van der Waals surface area contributed by atoms with E-state index in [4.69, 9.17) is 0 Å². The van der Waals surface area contributed by atoms with Gasteiger partial charge in [0.05, 0.1) is 6.04 Å². The number of carbonyl (C=O) groups excluding carboxylic acids is 1. The predicted octanol–water partition coefficient (Wildman–Crippen LogP) is 5.14. The van der Waals surface area contributed by atoms with Crippen molar-refractivity contribution >= 4 is 5.91 Å². The van der Waals surface area contributed by atoms with Crippen molar-refractivity contribution in [1.82, 2.24) is 10.2 Å². The van der Waals surface area contributed by atoms with E-state index in [1.54, 1.807) is 0 Å². The van der Waals surface area contributed by atoms with E-state index in [-0.39, 0.29) is 11.9 Å². The Morgan fingerprint density at radius 1 is 0.783 bits per heavy atom. The number of amides is 1. The first-order valence-electron chi connectivity index (χ1n) is 10.1. The summed E-state index contributed by atoms with van der Waals surface area (Å²) in [6, 6.07) is 0.0207. The third-order valence-electron chi connectivity index (χ3n) is 4.64. The fraction of sp³-hybridized carbons (Fsp3) is 0.950. The molecule has 0 spiro atoms. The number of nitrogens with zero attached hydrogens (tertiary/aromatic N) is 1. The van der Waals surface area contributed by atoms with Crippen LogP contribution in [0.5, 0.6) is 0 Å². The Morgan fingerprint density at radius 3 is 1.61 bits per heavy atom. The quantitative estimate of drug-likeness (QED) is 0.398. The summed E-state index contributed by atoms with van der Waals surface area (Å²) in [6.07, 6.45) is 17.2. The van der Waals surface area contributed by atoms with Crippen molar-refractivity contribution in [1.29, 1.82) is 0 Å². The molecule has 0 aliphatic heterocycles. The van der Waals surface area contributed by atoms with Gasteiger partial charge in [0.2, 0.25) is 5.91 Å². The van der Waals surface area contributed by atoms with Crippen LogP contribution in [0.15, 0.2) is 0 Å². The van der Waals surface area contributed by atoms with E-state index in [0.717, 1.165) is 19.4 Å². The highest BCUT2D eigenvalue weighted by atomic mass is 16.2. The zero-order valence-corrected chi connectivity index (χ0v) is 16.3.